The Morgan fingerprint density at radius 1 is 1.11 bits per heavy atom. The zero-order valence-electron chi connectivity index (χ0n) is 11.1. The van der Waals surface area contributed by atoms with Crippen LogP contribution in [0.4, 0.5) is 5.69 Å². The van der Waals surface area contributed by atoms with Crippen molar-refractivity contribution in [3.63, 3.8) is 0 Å². The normalized spacial score (nSPS) is 9.74. The molecular formula is C16H16N2O. The molecule has 0 aliphatic rings. The first-order valence-corrected chi connectivity index (χ1v) is 6.08. The third-order valence-corrected chi connectivity index (χ3v) is 3.04. The van der Waals surface area contributed by atoms with Gasteiger partial charge < -0.3 is 9.64 Å². The lowest BCUT2D eigenvalue weighted by Gasteiger charge is -2.20. The van der Waals surface area contributed by atoms with Crippen LogP contribution in [0.2, 0.25) is 0 Å². The lowest BCUT2D eigenvalue weighted by molar-refractivity contribution is 0.409. The molecule has 0 saturated carbocycles. The maximum atomic E-state index is 8.79. The van der Waals surface area contributed by atoms with Crippen LogP contribution < -0.4 is 9.64 Å². The van der Waals surface area contributed by atoms with Crippen LogP contribution >= 0.6 is 0 Å². The molecule has 19 heavy (non-hydrogen) atoms. The molecule has 0 amide bonds. The average molecular weight is 252 g/mol. The molecule has 2 rings (SSSR count). The standard InChI is InChI=1S/C16H16N2O/c1-18(15-9-7-13(11-17)8-10-15)12-14-5-3-4-6-16(14)19-2/h3-10H,12H2,1-2H3. The highest BCUT2D eigenvalue weighted by Gasteiger charge is 2.06. The Morgan fingerprint density at radius 2 is 1.79 bits per heavy atom. The maximum Gasteiger partial charge on any atom is 0.123 e. The highest BCUT2D eigenvalue weighted by atomic mass is 16.5. The third kappa shape index (κ3) is 3.05. The summed E-state index contributed by atoms with van der Waals surface area (Å²) in [6.07, 6.45) is 0. The molecule has 0 unspecified atom stereocenters. The Labute approximate surface area is 113 Å². The fourth-order valence-electron chi connectivity index (χ4n) is 1.97. The number of nitriles is 1. The monoisotopic (exact) mass is 252 g/mol. The van der Waals surface area contributed by atoms with Crippen LogP contribution in [0.3, 0.4) is 0 Å². The molecule has 0 N–H and O–H groups in total. The second-order valence-corrected chi connectivity index (χ2v) is 4.33. The number of ether oxygens (including phenoxy) is 1. The minimum atomic E-state index is 0.675. The van der Waals surface area contributed by atoms with Crippen LogP contribution in [0.25, 0.3) is 0 Å². The first-order chi connectivity index (χ1) is 9.24. The van der Waals surface area contributed by atoms with Gasteiger partial charge in [-0.2, -0.15) is 5.26 Å². The van der Waals surface area contributed by atoms with Gasteiger partial charge in [0.2, 0.25) is 0 Å². The number of anilines is 1. The fourth-order valence-corrected chi connectivity index (χ4v) is 1.97. The minimum absolute atomic E-state index is 0.675. The first kappa shape index (κ1) is 13.0. The van der Waals surface area contributed by atoms with Crippen molar-refractivity contribution in [1.82, 2.24) is 0 Å². The van der Waals surface area contributed by atoms with E-state index in [2.05, 4.69) is 17.0 Å². The SMILES string of the molecule is COc1ccccc1CN(C)c1ccc(C#N)cc1. The van der Waals surface area contributed by atoms with Gasteiger partial charge in [0, 0.05) is 24.8 Å². The lowest BCUT2D eigenvalue weighted by Crippen LogP contribution is -2.16. The van der Waals surface area contributed by atoms with Gasteiger partial charge >= 0.3 is 0 Å². The van der Waals surface area contributed by atoms with E-state index in [0.717, 1.165) is 23.5 Å². The van der Waals surface area contributed by atoms with Crippen molar-refractivity contribution in [2.75, 3.05) is 19.1 Å². The first-order valence-electron chi connectivity index (χ1n) is 6.08. The number of rotatable bonds is 4. The molecule has 0 atom stereocenters. The van der Waals surface area contributed by atoms with E-state index in [0.29, 0.717) is 5.56 Å². The summed E-state index contributed by atoms with van der Waals surface area (Å²) >= 11 is 0. The zero-order chi connectivity index (χ0) is 13.7. The van der Waals surface area contributed by atoms with Crippen molar-refractivity contribution in [3.8, 4) is 11.8 Å². The molecule has 0 spiro atoms. The van der Waals surface area contributed by atoms with Gasteiger partial charge in [0.1, 0.15) is 5.75 Å². The Morgan fingerprint density at radius 3 is 2.42 bits per heavy atom. The van der Waals surface area contributed by atoms with Crippen LogP contribution in [-0.2, 0) is 6.54 Å². The van der Waals surface area contributed by atoms with Gasteiger partial charge in [-0.25, -0.2) is 0 Å². The molecule has 0 bridgehead atoms. The number of hydrogen-bond acceptors (Lipinski definition) is 3. The Kier molecular flexibility index (Phi) is 4.04. The van der Waals surface area contributed by atoms with Gasteiger partial charge in [-0.3, -0.25) is 0 Å². The van der Waals surface area contributed by atoms with Crippen LogP contribution in [0, 0.1) is 11.3 Å². The summed E-state index contributed by atoms with van der Waals surface area (Å²) in [5, 5.41) is 8.79. The van der Waals surface area contributed by atoms with Crippen molar-refractivity contribution in [3.05, 3.63) is 59.7 Å². The molecular weight excluding hydrogens is 236 g/mol. The predicted octanol–water partition coefficient (Wildman–Crippen LogP) is 3.20. The quantitative estimate of drug-likeness (QED) is 0.838. The number of para-hydroxylation sites is 1. The van der Waals surface area contributed by atoms with Gasteiger partial charge in [0.05, 0.1) is 18.7 Å². The number of methoxy groups -OCH3 is 1. The molecule has 0 aromatic heterocycles. The molecule has 3 heteroatoms. The number of hydrogen-bond donors (Lipinski definition) is 0. The number of benzene rings is 2. The smallest absolute Gasteiger partial charge is 0.123 e. The molecule has 2 aromatic rings. The maximum absolute atomic E-state index is 8.79. The summed E-state index contributed by atoms with van der Waals surface area (Å²) < 4.78 is 5.35. The van der Waals surface area contributed by atoms with Crippen molar-refractivity contribution >= 4 is 5.69 Å². The Balaban J connectivity index is 2.16. The van der Waals surface area contributed by atoms with Crippen LogP contribution in [-0.4, -0.2) is 14.2 Å². The summed E-state index contributed by atoms with van der Waals surface area (Å²) in [6, 6.07) is 17.7. The molecule has 0 saturated heterocycles. The molecule has 0 heterocycles. The Bertz CT molecular complexity index is 584. The van der Waals surface area contributed by atoms with E-state index in [9.17, 15) is 0 Å². The van der Waals surface area contributed by atoms with E-state index in [1.165, 1.54) is 0 Å². The van der Waals surface area contributed by atoms with Crippen molar-refractivity contribution in [2.24, 2.45) is 0 Å². The second-order valence-electron chi connectivity index (χ2n) is 4.33. The Hall–Kier alpha value is -2.47. The topological polar surface area (TPSA) is 36.3 Å². The summed E-state index contributed by atoms with van der Waals surface area (Å²) in [6.45, 7) is 0.760. The summed E-state index contributed by atoms with van der Waals surface area (Å²) in [5.41, 5.74) is 2.89. The molecule has 0 aliphatic heterocycles. The van der Waals surface area contributed by atoms with E-state index >= 15 is 0 Å². The van der Waals surface area contributed by atoms with Gasteiger partial charge in [-0.05, 0) is 30.3 Å². The molecule has 2 aromatic carbocycles. The van der Waals surface area contributed by atoms with Crippen molar-refractivity contribution in [1.29, 1.82) is 5.26 Å². The highest BCUT2D eigenvalue weighted by molar-refractivity contribution is 5.50. The van der Waals surface area contributed by atoms with Gasteiger partial charge in [-0.1, -0.05) is 18.2 Å². The van der Waals surface area contributed by atoms with Crippen molar-refractivity contribution < 1.29 is 4.74 Å². The van der Waals surface area contributed by atoms with E-state index in [-0.39, 0.29) is 0 Å². The summed E-state index contributed by atoms with van der Waals surface area (Å²) in [4.78, 5) is 2.12. The van der Waals surface area contributed by atoms with Crippen LogP contribution in [0.5, 0.6) is 5.75 Å². The molecule has 0 radical (unpaired) electrons. The second kappa shape index (κ2) is 5.92. The van der Waals surface area contributed by atoms with Crippen LogP contribution in [0.1, 0.15) is 11.1 Å². The molecule has 3 nitrogen and oxygen atoms in total. The summed E-state index contributed by atoms with van der Waals surface area (Å²) in [7, 11) is 3.70. The third-order valence-electron chi connectivity index (χ3n) is 3.04. The largest absolute Gasteiger partial charge is 0.496 e. The fraction of sp³-hybridized carbons (Fsp3) is 0.188. The van der Waals surface area contributed by atoms with E-state index in [1.807, 2.05) is 49.5 Å². The minimum Gasteiger partial charge on any atom is -0.496 e. The van der Waals surface area contributed by atoms with Crippen LogP contribution in [0.15, 0.2) is 48.5 Å². The molecule has 0 aliphatic carbocycles. The van der Waals surface area contributed by atoms with Gasteiger partial charge in [0.25, 0.3) is 0 Å². The predicted molar refractivity (Wildman–Crippen MR) is 76.3 cm³/mol. The average Bonchev–Trinajstić information content (AvgIpc) is 2.48. The lowest BCUT2D eigenvalue weighted by atomic mass is 10.1. The zero-order valence-corrected chi connectivity index (χ0v) is 11.1. The van der Waals surface area contributed by atoms with E-state index < -0.39 is 0 Å². The van der Waals surface area contributed by atoms with Gasteiger partial charge in [0.15, 0.2) is 0 Å². The van der Waals surface area contributed by atoms with Crippen molar-refractivity contribution in [2.45, 2.75) is 6.54 Å². The number of nitrogens with zero attached hydrogens (tertiary/aromatic N) is 2. The summed E-state index contributed by atoms with van der Waals surface area (Å²) in [5.74, 6) is 0.892. The highest BCUT2D eigenvalue weighted by Crippen LogP contribution is 2.22. The van der Waals surface area contributed by atoms with E-state index in [1.54, 1.807) is 7.11 Å². The molecule has 96 valence electrons. The van der Waals surface area contributed by atoms with E-state index in [4.69, 9.17) is 10.00 Å². The van der Waals surface area contributed by atoms with Gasteiger partial charge in [-0.15, -0.1) is 0 Å². The molecule has 0 fully saturated rings.